The molecule has 112 valence electrons. The molecule has 0 saturated carbocycles. The van der Waals surface area contributed by atoms with E-state index in [0.29, 0.717) is 18.6 Å². The molecule has 1 atom stereocenters. The molecular formula is C17H18ClFO2. The second kappa shape index (κ2) is 7.43. The number of aliphatic hydroxyl groups is 1. The van der Waals surface area contributed by atoms with E-state index in [4.69, 9.17) is 16.3 Å². The van der Waals surface area contributed by atoms with E-state index in [1.807, 2.05) is 31.2 Å². The van der Waals surface area contributed by atoms with Crippen LogP contribution in [0.4, 0.5) is 4.39 Å². The van der Waals surface area contributed by atoms with Gasteiger partial charge in [0.1, 0.15) is 11.6 Å². The second-order valence-electron chi connectivity index (χ2n) is 5.02. The number of ether oxygens (including phenoxy) is 1. The van der Waals surface area contributed by atoms with Gasteiger partial charge in [-0.15, -0.1) is 0 Å². The fraction of sp³-hybridized carbons (Fsp3) is 0.294. The Hall–Kier alpha value is -1.58. The van der Waals surface area contributed by atoms with Crippen LogP contribution in [0.15, 0.2) is 42.5 Å². The molecule has 2 rings (SSSR count). The van der Waals surface area contributed by atoms with E-state index >= 15 is 0 Å². The van der Waals surface area contributed by atoms with E-state index in [9.17, 15) is 9.50 Å². The molecule has 0 amide bonds. The maximum atomic E-state index is 13.7. The van der Waals surface area contributed by atoms with E-state index in [1.54, 1.807) is 12.1 Å². The van der Waals surface area contributed by atoms with Crippen LogP contribution in [-0.4, -0.2) is 17.8 Å². The molecule has 1 N–H and O–H groups in total. The molecule has 0 fully saturated rings. The van der Waals surface area contributed by atoms with E-state index in [-0.39, 0.29) is 11.4 Å². The Morgan fingerprint density at radius 2 is 2.00 bits per heavy atom. The van der Waals surface area contributed by atoms with Gasteiger partial charge in [-0.2, -0.15) is 0 Å². The van der Waals surface area contributed by atoms with Gasteiger partial charge in [-0.1, -0.05) is 35.9 Å². The first-order valence-electron chi connectivity index (χ1n) is 6.86. The number of hydrogen-bond donors (Lipinski definition) is 1. The van der Waals surface area contributed by atoms with Crippen LogP contribution < -0.4 is 4.74 Å². The number of hydrogen-bond acceptors (Lipinski definition) is 2. The topological polar surface area (TPSA) is 29.5 Å². The van der Waals surface area contributed by atoms with Crippen LogP contribution in [0.25, 0.3) is 0 Å². The van der Waals surface area contributed by atoms with Crippen molar-refractivity contribution in [3.63, 3.8) is 0 Å². The average molecular weight is 309 g/mol. The zero-order valence-corrected chi connectivity index (χ0v) is 12.6. The molecule has 0 saturated heterocycles. The van der Waals surface area contributed by atoms with Crippen molar-refractivity contribution in [1.29, 1.82) is 0 Å². The fourth-order valence-corrected chi connectivity index (χ4v) is 2.27. The molecule has 0 aromatic heterocycles. The Morgan fingerprint density at radius 3 is 2.76 bits per heavy atom. The number of halogens is 2. The fourth-order valence-electron chi connectivity index (χ4n) is 2.08. The zero-order chi connectivity index (χ0) is 15.2. The Balaban J connectivity index is 1.82. The van der Waals surface area contributed by atoms with Crippen molar-refractivity contribution in [1.82, 2.24) is 0 Å². The third-order valence-electron chi connectivity index (χ3n) is 3.20. The molecule has 0 spiro atoms. The van der Waals surface area contributed by atoms with Crippen LogP contribution in [0.5, 0.6) is 5.75 Å². The van der Waals surface area contributed by atoms with Gasteiger partial charge < -0.3 is 9.84 Å². The lowest BCUT2D eigenvalue weighted by atomic mass is 10.1. The van der Waals surface area contributed by atoms with Gasteiger partial charge in [-0.05, 0) is 36.2 Å². The number of benzene rings is 2. The Kier molecular flexibility index (Phi) is 5.59. The van der Waals surface area contributed by atoms with Crippen LogP contribution in [0.2, 0.25) is 5.02 Å². The van der Waals surface area contributed by atoms with Crippen LogP contribution in [0.3, 0.4) is 0 Å². The summed E-state index contributed by atoms with van der Waals surface area (Å²) in [5.74, 6) is 0.314. The molecule has 2 aromatic rings. The van der Waals surface area contributed by atoms with Crippen molar-refractivity contribution in [2.45, 2.75) is 25.9 Å². The summed E-state index contributed by atoms with van der Waals surface area (Å²) in [6, 6.07) is 12.5. The quantitative estimate of drug-likeness (QED) is 0.868. The first-order chi connectivity index (χ1) is 10.1. The summed E-state index contributed by atoms with van der Waals surface area (Å²) in [7, 11) is 0. The first kappa shape index (κ1) is 15.8. The molecule has 0 aliphatic carbocycles. The van der Waals surface area contributed by atoms with Crippen molar-refractivity contribution in [2.24, 2.45) is 0 Å². The van der Waals surface area contributed by atoms with Crippen LogP contribution in [0.1, 0.15) is 17.5 Å². The molecule has 0 radical (unpaired) electrons. The number of rotatable bonds is 6. The molecule has 0 aliphatic rings. The minimum absolute atomic E-state index is 0.0794. The smallest absolute Gasteiger partial charge is 0.145 e. The summed E-state index contributed by atoms with van der Waals surface area (Å²) in [4.78, 5) is 0. The third-order valence-corrected chi connectivity index (χ3v) is 3.49. The van der Waals surface area contributed by atoms with Crippen LogP contribution in [0, 0.1) is 12.7 Å². The van der Waals surface area contributed by atoms with Gasteiger partial charge in [-0.3, -0.25) is 0 Å². The van der Waals surface area contributed by atoms with Gasteiger partial charge in [0.15, 0.2) is 0 Å². The van der Waals surface area contributed by atoms with E-state index in [2.05, 4.69) is 0 Å². The van der Waals surface area contributed by atoms with Crippen molar-refractivity contribution < 1.29 is 14.2 Å². The highest BCUT2D eigenvalue weighted by atomic mass is 35.5. The van der Waals surface area contributed by atoms with Crippen molar-refractivity contribution >= 4 is 11.6 Å². The predicted octanol–water partition coefficient (Wildman–Crippen LogP) is 4.16. The normalized spacial score (nSPS) is 12.2. The Labute approximate surface area is 129 Å². The van der Waals surface area contributed by atoms with Gasteiger partial charge >= 0.3 is 0 Å². The van der Waals surface area contributed by atoms with E-state index in [1.165, 1.54) is 6.07 Å². The average Bonchev–Trinajstić information content (AvgIpc) is 2.44. The van der Waals surface area contributed by atoms with Crippen LogP contribution >= 0.6 is 11.6 Å². The van der Waals surface area contributed by atoms with E-state index in [0.717, 1.165) is 11.3 Å². The van der Waals surface area contributed by atoms with Crippen molar-refractivity contribution in [3.8, 4) is 5.75 Å². The highest BCUT2D eigenvalue weighted by molar-refractivity contribution is 6.30. The second-order valence-corrected chi connectivity index (χ2v) is 5.43. The molecule has 0 bridgehead atoms. The summed E-state index contributed by atoms with van der Waals surface area (Å²) in [6.07, 6.45) is -0.00788. The summed E-state index contributed by atoms with van der Waals surface area (Å²) >= 11 is 5.72. The van der Waals surface area contributed by atoms with Gasteiger partial charge in [0.25, 0.3) is 0 Å². The maximum Gasteiger partial charge on any atom is 0.145 e. The summed E-state index contributed by atoms with van der Waals surface area (Å²) in [6.45, 7) is 2.37. The number of aliphatic hydroxyl groups excluding tert-OH is 1. The zero-order valence-electron chi connectivity index (χ0n) is 11.9. The number of aryl methyl sites for hydroxylation is 1. The van der Waals surface area contributed by atoms with Crippen molar-refractivity contribution in [3.05, 3.63) is 64.4 Å². The molecule has 2 nitrogen and oxygen atoms in total. The largest absolute Gasteiger partial charge is 0.493 e. The standard InChI is InChI=1S/C17H18ClFO2/c1-12-4-2-6-15(10-12)21-9-8-14(20)11-13-5-3-7-16(18)17(13)19/h2-7,10,14,20H,8-9,11H2,1H3. The maximum absolute atomic E-state index is 13.7. The SMILES string of the molecule is Cc1cccc(OCCC(O)Cc2cccc(Cl)c2F)c1. The predicted molar refractivity (Wildman–Crippen MR) is 82.4 cm³/mol. The third kappa shape index (κ3) is 4.73. The van der Waals surface area contributed by atoms with Crippen LogP contribution in [-0.2, 0) is 6.42 Å². The summed E-state index contributed by atoms with van der Waals surface area (Å²) in [5.41, 5.74) is 1.54. The molecule has 1 unspecified atom stereocenters. The minimum Gasteiger partial charge on any atom is -0.493 e. The van der Waals surface area contributed by atoms with Gasteiger partial charge in [0.2, 0.25) is 0 Å². The molecule has 21 heavy (non-hydrogen) atoms. The lowest BCUT2D eigenvalue weighted by Crippen LogP contribution is -2.15. The monoisotopic (exact) mass is 308 g/mol. The van der Waals surface area contributed by atoms with Crippen molar-refractivity contribution in [2.75, 3.05) is 6.61 Å². The lowest BCUT2D eigenvalue weighted by molar-refractivity contribution is 0.138. The van der Waals surface area contributed by atoms with E-state index < -0.39 is 11.9 Å². The first-order valence-corrected chi connectivity index (χ1v) is 7.24. The highest BCUT2D eigenvalue weighted by Crippen LogP contribution is 2.20. The van der Waals surface area contributed by atoms with Gasteiger partial charge in [-0.25, -0.2) is 4.39 Å². The molecule has 2 aromatic carbocycles. The molecule has 0 heterocycles. The molecule has 0 aliphatic heterocycles. The highest BCUT2D eigenvalue weighted by Gasteiger charge is 2.11. The summed E-state index contributed by atoms with van der Waals surface area (Å²) < 4.78 is 19.3. The summed E-state index contributed by atoms with van der Waals surface area (Å²) in [5, 5.41) is 10.0. The Bertz CT molecular complexity index is 601. The van der Waals surface area contributed by atoms with Gasteiger partial charge in [0.05, 0.1) is 17.7 Å². The van der Waals surface area contributed by atoms with Gasteiger partial charge in [0, 0.05) is 12.8 Å². The lowest BCUT2D eigenvalue weighted by Gasteiger charge is -2.13. The molecular weight excluding hydrogens is 291 g/mol. The minimum atomic E-state index is -0.664. The molecule has 4 heteroatoms. The Morgan fingerprint density at radius 1 is 1.24 bits per heavy atom.